The van der Waals surface area contributed by atoms with Crippen molar-refractivity contribution in [1.82, 2.24) is 20.4 Å². The van der Waals surface area contributed by atoms with E-state index in [1.54, 1.807) is 0 Å². The zero-order valence-electron chi connectivity index (χ0n) is 8.91. The average molecular weight is 210 g/mol. The predicted octanol–water partition coefficient (Wildman–Crippen LogP) is -0.942. The Morgan fingerprint density at radius 2 is 2.13 bits per heavy atom. The molecule has 3 aliphatic heterocycles. The van der Waals surface area contributed by atoms with Gasteiger partial charge in [0, 0.05) is 38.8 Å². The predicted molar refractivity (Wildman–Crippen MR) is 56.7 cm³/mol. The van der Waals surface area contributed by atoms with Crippen LogP contribution in [0.4, 0.5) is 4.79 Å². The van der Waals surface area contributed by atoms with Crippen LogP contribution >= 0.6 is 0 Å². The molecule has 2 amide bonds. The van der Waals surface area contributed by atoms with Crippen LogP contribution in [0.3, 0.4) is 0 Å². The highest BCUT2D eigenvalue weighted by molar-refractivity contribution is 5.77. The monoisotopic (exact) mass is 210 g/mol. The van der Waals surface area contributed by atoms with E-state index in [9.17, 15) is 4.79 Å². The van der Waals surface area contributed by atoms with Crippen molar-refractivity contribution < 1.29 is 4.79 Å². The molecule has 3 rings (SSSR count). The van der Waals surface area contributed by atoms with E-state index in [4.69, 9.17) is 0 Å². The van der Waals surface area contributed by atoms with Crippen LogP contribution < -0.4 is 10.6 Å². The molecule has 0 aromatic rings. The number of nitrogens with one attached hydrogen (secondary N) is 2. The van der Waals surface area contributed by atoms with E-state index in [-0.39, 0.29) is 6.03 Å². The summed E-state index contributed by atoms with van der Waals surface area (Å²) in [5, 5.41) is 6.32. The number of carbonyl (C=O) groups excluding carboxylic acids is 1. The molecule has 5 heteroatoms. The Bertz CT molecular complexity index is 264. The van der Waals surface area contributed by atoms with Gasteiger partial charge in [-0.25, -0.2) is 4.79 Å². The van der Waals surface area contributed by atoms with Gasteiger partial charge in [0.15, 0.2) is 0 Å². The fraction of sp³-hybridized carbons (Fsp3) is 0.900. The van der Waals surface area contributed by atoms with Crippen molar-refractivity contribution >= 4 is 6.03 Å². The summed E-state index contributed by atoms with van der Waals surface area (Å²) in [7, 11) is 0. The van der Waals surface area contributed by atoms with Crippen molar-refractivity contribution in [1.29, 1.82) is 0 Å². The molecular formula is C10H18N4O. The van der Waals surface area contributed by atoms with Gasteiger partial charge in [-0.3, -0.25) is 4.90 Å². The molecule has 3 fully saturated rings. The van der Waals surface area contributed by atoms with Gasteiger partial charge in [0.05, 0.1) is 6.04 Å². The van der Waals surface area contributed by atoms with Crippen molar-refractivity contribution in [2.24, 2.45) is 0 Å². The molecule has 3 heterocycles. The van der Waals surface area contributed by atoms with Crippen LogP contribution in [0.15, 0.2) is 0 Å². The third-order valence-electron chi connectivity index (χ3n) is 3.81. The summed E-state index contributed by atoms with van der Waals surface area (Å²) in [6.45, 7) is 6.07. The van der Waals surface area contributed by atoms with Gasteiger partial charge in [0.1, 0.15) is 0 Å². The highest BCUT2D eigenvalue weighted by atomic mass is 16.2. The Morgan fingerprint density at radius 1 is 1.20 bits per heavy atom. The molecule has 0 bridgehead atoms. The Morgan fingerprint density at radius 3 is 2.93 bits per heavy atom. The van der Waals surface area contributed by atoms with Crippen LogP contribution in [-0.2, 0) is 0 Å². The quantitative estimate of drug-likeness (QED) is 0.587. The highest BCUT2D eigenvalue weighted by Crippen LogP contribution is 2.18. The maximum absolute atomic E-state index is 11.4. The molecule has 2 N–H and O–H groups in total. The SMILES string of the molecule is O=C1NCC2CN(C3CCNC3)CCN12. The number of carbonyl (C=O) groups is 1. The van der Waals surface area contributed by atoms with E-state index >= 15 is 0 Å². The maximum atomic E-state index is 11.4. The van der Waals surface area contributed by atoms with E-state index in [2.05, 4.69) is 15.5 Å². The number of fused-ring (bicyclic) bond motifs is 1. The minimum absolute atomic E-state index is 0.129. The van der Waals surface area contributed by atoms with Crippen LogP contribution in [0.2, 0.25) is 0 Å². The zero-order valence-corrected chi connectivity index (χ0v) is 8.91. The Kier molecular flexibility index (Phi) is 2.29. The van der Waals surface area contributed by atoms with Crippen LogP contribution in [0.5, 0.6) is 0 Å². The van der Waals surface area contributed by atoms with Gasteiger partial charge in [-0.1, -0.05) is 0 Å². The molecule has 0 radical (unpaired) electrons. The van der Waals surface area contributed by atoms with Crippen LogP contribution in [-0.4, -0.2) is 67.2 Å². The first kappa shape index (κ1) is 9.42. The van der Waals surface area contributed by atoms with E-state index in [1.807, 2.05) is 4.90 Å². The lowest BCUT2D eigenvalue weighted by molar-refractivity contribution is 0.0942. The van der Waals surface area contributed by atoms with Gasteiger partial charge in [-0.05, 0) is 13.0 Å². The molecule has 84 valence electrons. The van der Waals surface area contributed by atoms with Gasteiger partial charge in [-0.2, -0.15) is 0 Å². The van der Waals surface area contributed by atoms with Gasteiger partial charge >= 0.3 is 6.03 Å². The normalized spacial score (nSPS) is 36.8. The molecule has 2 unspecified atom stereocenters. The number of amides is 2. The van der Waals surface area contributed by atoms with Crippen molar-refractivity contribution in [3.8, 4) is 0 Å². The fourth-order valence-corrected chi connectivity index (χ4v) is 2.91. The van der Waals surface area contributed by atoms with Crippen LogP contribution in [0.25, 0.3) is 0 Å². The first-order valence-electron chi connectivity index (χ1n) is 5.84. The first-order valence-corrected chi connectivity index (χ1v) is 5.84. The molecule has 0 aromatic heterocycles. The second kappa shape index (κ2) is 3.64. The number of piperazine rings is 1. The Balaban J connectivity index is 1.63. The van der Waals surface area contributed by atoms with E-state index < -0.39 is 0 Å². The summed E-state index contributed by atoms with van der Waals surface area (Å²) < 4.78 is 0. The number of hydrogen-bond donors (Lipinski definition) is 2. The number of rotatable bonds is 1. The van der Waals surface area contributed by atoms with E-state index in [0.29, 0.717) is 12.1 Å². The molecule has 2 atom stereocenters. The van der Waals surface area contributed by atoms with E-state index in [0.717, 1.165) is 39.3 Å². The summed E-state index contributed by atoms with van der Waals surface area (Å²) in [5.74, 6) is 0. The molecule has 15 heavy (non-hydrogen) atoms. The minimum atomic E-state index is 0.129. The van der Waals surface area contributed by atoms with Crippen molar-refractivity contribution in [2.45, 2.75) is 18.5 Å². The lowest BCUT2D eigenvalue weighted by Gasteiger charge is -2.39. The van der Waals surface area contributed by atoms with Crippen LogP contribution in [0, 0.1) is 0 Å². The molecule has 3 aliphatic rings. The minimum Gasteiger partial charge on any atom is -0.336 e. The molecule has 0 aliphatic carbocycles. The first-order chi connectivity index (χ1) is 7.34. The van der Waals surface area contributed by atoms with Gasteiger partial charge in [0.25, 0.3) is 0 Å². The van der Waals surface area contributed by atoms with Gasteiger partial charge in [-0.15, -0.1) is 0 Å². The van der Waals surface area contributed by atoms with Crippen LogP contribution in [0.1, 0.15) is 6.42 Å². The number of hydrogen-bond acceptors (Lipinski definition) is 3. The third-order valence-corrected chi connectivity index (χ3v) is 3.81. The Hall–Kier alpha value is -0.810. The lowest BCUT2D eigenvalue weighted by Crippen LogP contribution is -2.55. The zero-order chi connectivity index (χ0) is 10.3. The lowest BCUT2D eigenvalue weighted by atomic mass is 10.1. The van der Waals surface area contributed by atoms with Crippen molar-refractivity contribution in [3.05, 3.63) is 0 Å². The van der Waals surface area contributed by atoms with Gasteiger partial charge < -0.3 is 15.5 Å². The summed E-state index contributed by atoms with van der Waals surface area (Å²) in [4.78, 5) is 15.9. The summed E-state index contributed by atoms with van der Waals surface area (Å²) in [6.07, 6.45) is 1.26. The highest BCUT2D eigenvalue weighted by Gasteiger charge is 2.37. The molecule has 0 saturated carbocycles. The second-order valence-electron chi connectivity index (χ2n) is 4.67. The second-order valence-corrected chi connectivity index (χ2v) is 4.67. The largest absolute Gasteiger partial charge is 0.336 e. The topological polar surface area (TPSA) is 47.6 Å². The van der Waals surface area contributed by atoms with Gasteiger partial charge in [0.2, 0.25) is 0 Å². The summed E-state index contributed by atoms with van der Waals surface area (Å²) >= 11 is 0. The maximum Gasteiger partial charge on any atom is 0.317 e. The number of urea groups is 1. The smallest absolute Gasteiger partial charge is 0.317 e. The van der Waals surface area contributed by atoms with Crippen molar-refractivity contribution in [2.75, 3.05) is 39.3 Å². The van der Waals surface area contributed by atoms with Crippen molar-refractivity contribution in [3.63, 3.8) is 0 Å². The molecular weight excluding hydrogens is 192 g/mol. The number of nitrogens with zero attached hydrogens (tertiary/aromatic N) is 2. The molecule has 0 aromatic carbocycles. The standard InChI is InChI=1S/C10H18N4O/c15-10-12-6-9-7-13(3-4-14(9)10)8-1-2-11-5-8/h8-9,11H,1-7H2,(H,12,15). The molecule has 3 saturated heterocycles. The van der Waals surface area contributed by atoms with E-state index in [1.165, 1.54) is 6.42 Å². The summed E-state index contributed by atoms with van der Waals surface area (Å²) in [5.41, 5.74) is 0. The molecule has 0 spiro atoms. The Labute approximate surface area is 89.8 Å². The third kappa shape index (κ3) is 1.59. The molecule has 5 nitrogen and oxygen atoms in total. The summed E-state index contributed by atoms with van der Waals surface area (Å²) in [6, 6.07) is 1.24. The fourth-order valence-electron chi connectivity index (χ4n) is 2.91. The average Bonchev–Trinajstić information content (AvgIpc) is 2.88.